The van der Waals surface area contributed by atoms with Crippen LogP contribution in [0.5, 0.6) is 0 Å². The Kier molecular flexibility index (Phi) is 6.45. The fraction of sp³-hybridized carbons (Fsp3) is 0.0476. The maximum absolute atomic E-state index is 3.71. The molecule has 16 bridgehead atoms. The number of hydrogen-bond acceptors (Lipinski definition) is 0. The Morgan fingerprint density at radius 3 is 0.940 bits per heavy atom. The number of hydrogen-bond donors (Lipinski definition) is 8. The van der Waals surface area contributed by atoms with Crippen molar-refractivity contribution in [3.63, 3.8) is 0 Å². The van der Waals surface area contributed by atoms with Crippen LogP contribution in [0.4, 0.5) is 0 Å². The number of fused-ring (bicyclic) bond motifs is 16. The molecule has 242 valence electrons. The van der Waals surface area contributed by atoms with Crippen molar-refractivity contribution in [1.82, 2.24) is 39.9 Å². The van der Waals surface area contributed by atoms with E-state index in [1.807, 2.05) is 0 Å². The van der Waals surface area contributed by atoms with Crippen LogP contribution in [0.15, 0.2) is 97.1 Å². The van der Waals surface area contributed by atoms with Gasteiger partial charge in [0.05, 0.1) is 0 Å². The van der Waals surface area contributed by atoms with Gasteiger partial charge in [-0.15, -0.1) is 0 Å². The topological polar surface area (TPSA) is 126 Å². The molecule has 0 unspecified atom stereocenters. The van der Waals surface area contributed by atoms with Crippen molar-refractivity contribution in [3.05, 3.63) is 185 Å². The first-order chi connectivity index (χ1) is 24.6. The van der Waals surface area contributed by atoms with E-state index in [0.717, 1.165) is 101 Å². The van der Waals surface area contributed by atoms with Crippen molar-refractivity contribution < 1.29 is 0 Å². The van der Waals surface area contributed by atoms with Crippen LogP contribution in [0.2, 0.25) is 0 Å². The van der Waals surface area contributed by atoms with E-state index in [-0.39, 0.29) is 0 Å². The van der Waals surface area contributed by atoms with Crippen LogP contribution in [0.1, 0.15) is 58.4 Å². The molecule has 0 aromatic carbocycles. The van der Waals surface area contributed by atoms with Gasteiger partial charge in [-0.1, -0.05) is 0 Å². The third kappa shape index (κ3) is 5.48. The van der Waals surface area contributed by atoms with Gasteiger partial charge in [0.25, 0.3) is 0 Å². The second-order valence-electron chi connectivity index (χ2n) is 13.1. The molecule has 10 rings (SSSR count). The zero-order valence-electron chi connectivity index (χ0n) is 27.1. The van der Waals surface area contributed by atoms with Crippen LogP contribution in [0, 0.1) is 0 Å². The maximum atomic E-state index is 3.71. The standard InChI is InChI=1S/C42H34N8/c1-5-29-21-33-9-15-39(47-33)37(40-16-10-34(48-40)22-30-6-2-26(44-30)19-25(1)43-29)13-14-38-41-17-11-35(49-41)23-31-7-3-27(45-31)20-28-4-8-32(46-28)24-36-12-18-42(38)50-36/h1-12,15-24,43-50H,13-14H2. The first-order valence-electron chi connectivity index (χ1n) is 17.0. The molecule has 2 aliphatic rings. The van der Waals surface area contributed by atoms with Crippen molar-refractivity contribution in [2.75, 3.05) is 0 Å². The summed E-state index contributed by atoms with van der Waals surface area (Å²) >= 11 is 0. The van der Waals surface area contributed by atoms with Crippen molar-refractivity contribution in [3.8, 4) is 0 Å². The van der Waals surface area contributed by atoms with Crippen LogP contribution in [-0.4, -0.2) is 39.9 Å². The average Bonchev–Trinajstić information content (AvgIpc) is 3.94. The van der Waals surface area contributed by atoms with Crippen LogP contribution < -0.4 is 42.8 Å². The lowest BCUT2D eigenvalue weighted by molar-refractivity contribution is 1.03. The number of aromatic amines is 8. The van der Waals surface area contributed by atoms with E-state index in [1.165, 1.54) is 11.1 Å². The lowest BCUT2D eigenvalue weighted by atomic mass is 10.00. The van der Waals surface area contributed by atoms with E-state index in [4.69, 9.17) is 0 Å². The molecule has 0 spiro atoms. The Balaban J connectivity index is 1.12. The number of rotatable bonds is 3. The Labute approximate surface area is 285 Å². The van der Waals surface area contributed by atoms with E-state index >= 15 is 0 Å². The number of aromatic nitrogens is 8. The minimum absolute atomic E-state index is 0.801. The normalized spacial score (nSPS) is 13.4. The highest BCUT2D eigenvalue weighted by Gasteiger charge is 2.13. The second-order valence-corrected chi connectivity index (χ2v) is 13.1. The van der Waals surface area contributed by atoms with Crippen molar-refractivity contribution >= 4 is 47.6 Å². The van der Waals surface area contributed by atoms with Gasteiger partial charge in [0.1, 0.15) is 0 Å². The van der Waals surface area contributed by atoms with Gasteiger partial charge in [-0.2, -0.15) is 0 Å². The van der Waals surface area contributed by atoms with Crippen molar-refractivity contribution in [2.24, 2.45) is 0 Å². The zero-order chi connectivity index (χ0) is 33.0. The van der Waals surface area contributed by atoms with Gasteiger partial charge in [0.15, 0.2) is 0 Å². The Morgan fingerprint density at radius 2 is 0.560 bits per heavy atom. The lowest BCUT2D eigenvalue weighted by Crippen LogP contribution is -2.16. The Bertz CT molecular complexity index is 2850. The number of H-pyrrole nitrogens is 8. The summed E-state index contributed by atoms with van der Waals surface area (Å²) in [5.74, 6) is 0. The molecule has 8 aromatic heterocycles. The van der Waals surface area contributed by atoms with E-state index < -0.39 is 0 Å². The highest BCUT2D eigenvalue weighted by molar-refractivity contribution is 5.70. The summed E-state index contributed by atoms with van der Waals surface area (Å²) in [7, 11) is 0. The molecule has 0 saturated carbocycles. The van der Waals surface area contributed by atoms with E-state index in [9.17, 15) is 0 Å². The molecule has 0 fully saturated rings. The van der Waals surface area contributed by atoms with Crippen LogP contribution in [0.25, 0.3) is 47.6 Å². The SMILES string of the molecule is C1=c2ccc([nH]2)=Cc2ccc([nH]2)C(CCC2=c3ccc([nH]3)=Cc3ccc([nH]3)C=c3ccc([nH]3)=Cc3ccc2[nH]3)=c2ccc([nH]2)=Cc2ccc1[nH]2. The Morgan fingerprint density at radius 1 is 0.260 bits per heavy atom. The quantitative estimate of drug-likeness (QED) is 0.142. The zero-order valence-corrected chi connectivity index (χ0v) is 27.1. The third-order valence-corrected chi connectivity index (χ3v) is 9.55. The summed E-state index contributed by atoms with van der Waals surface area (Å²) in [6.07, 6.45) is 14.5. The first-order valence-corrected chi connectivity index (χ1v) is 17.0. The summed E-state index contributed by atoms with van der Waals surface area (Å²) in [6, 6.07) is 34.2. The van der Waals surface area contributed by atoms with E-state index in [0.29, 0.717) is 0 Å². The maximum Gasteiger partial charge on any atom is 0.0438 e. The van der Waals surface area contributed by atoms with Gasteiger partial charge in [0.2, 0.25) is 0 Å². The van der Waals surface area contributed by atoms with E-state index in [1.54, 1.807) is 0 Å². The van der Waals surface area contributed by atoms with Gasteiger partial charge in [-0.05, 0) is 158 Å². The molecule has 0 amide bonds. The van der Waals surface area contributed by atoms with Gasteiger partial charge in [0, 0.05) is 88.3 Å². The van der Waals surface area contributed by atoms with Crippen LogP contribution in [-0.2, 0) is 0 Å². The molecule has 10 heterocycles. The molecule has 0 saturated heterocycles. The molecular weight excluding hydrogens is 617 g/mol. The second kappa shape index (κ2) is 11.4. The third-order valence-electron chi connectivity index (χ3n) is 9.55. The summed E-state index contributed by atoms with van der Waals surface area (Å²) in [4.78, 5) is 28.9. The largest absolute Gasteiger partial charge is 0.355 e. The summed E-state index contributed by atoms with van der Waals surface area (Å²) < 4.78 is 0. The predicted octanol–water partition coefficient (Wildman–Crippen LogP) is 1.79. The molecule has 0 atom stereocenters. The van der Waals surface area contributed by atoms with Crippen molar-refractivity contribution in [1.29, 1.82) is 0 Å². The fourth-order valence-corrected chi connectivity index (χ4v) is 7.16. The molecule has 8 heteroatoms. The molecule has 8 nitrogen and oxygen atoms in total. The van der Waals surface area contributed by atoms with Crippen molar-refractivity contribution in [2.45, 2.75) is 12.8 Å². The smallest absolute Gasteiger partial charge is 0.0438 e. The monoisotopic (exact) mass is 650 g/mol. The fourth-order valence-electron chi connectivity index (χ4n) is 7.16. The molecule has 0 radical (unpaired) electrons. The lowest BCUT2D eigenvalue weighted by Gasteiger charge is -2.09. The van der Waals surface area contributed by atoms with Crippen LogP contribution >= 0.6 is 0 Å². The van der Waals surface area contributed by atoms with Gasteiger partial charge < -0.3 is 39.9 Å². The molecule has 8 aromatic rings. The van der Waals surface area contributed by atoms with Gasteiger partial charge in [-0.25, -0.2) is 0 Å². The summed E-state index contributed by atoms with van der Waals surface area (Å²) in [5, 5.41) is 8.46. The van der Waals surface area contributed by atoms with Gasteiger partial charge >= 0.3 is 0 Å². The van der Waals surface area contributed by atoms with Crippen LogP contribution in [0.3, 0.4) is 0 Å². The summed E-state index contributed by atoms with van der Waals surface area (Å²) in [5.41, 5.74) is 10.9. The average molecular weight is 651 g/mol. The first kappa shape index (κ1) is 28.2. The predicted molar refractivity (Wildman–Crippen MR) is 199 cm³/mol. The molecule has 2 aliphatic heterocycles. The molecule has 50 heavy (non-hydrogen) atoms. The minimum Gasteiger partial charge on any atom is -0.355 e. The summed E-state index contributed by atoms with van der Waals surface area (Å²) in [6.45, 7) is 0. The number of nitrogens with one attached hydrogen (secondary N) is 8. The molecular formula is C42H34N8. The highest BCUT2D eigenvalue weighted by Crippen LogP contribution is 2.24. The molecule has 8 N–H and O–H groups in total. The van der Waals surface area contributed by atoms with E-state index in [2.05, 4.69) is 173 Å². The Hall–Kier alpha value is -6.80. The minimum atomic E-state index is 0.801. The van der Waals surface area contributed by atoms with Gasteiger partial charge in [-0.3, -0.25) is 0 Å². The molecule has 0 aliphatic carbocycles. The highest BCUT2D eigenvalue weighted by atomic mass is 14.8.